The average molecular weight is 303 g/mol. The fourth-order valence-corrected chi connectivity index (χ4v) is 1.47. The molecule has 1 atom stereocenters. The van der Waals surface area contributed by atoms with Gasteiger partial charge in [-0.1, -0.05) is 24.8 Å². The van der Waals surface area contributed by atoms with Crippen molar-refractivity contribution in [2.24, 2.45) is 0 Å². The summed E-state index contributed by atoms with van der Waals surface area (Å²) in [5.74, 6) is -1.26. The summed E-state index contributed by atoms with van der Waals surface area (Å²) in [6.07, 6.45) is -4.79. The van der Waals surface area contributed by atoms with E-state index < -0.39 is 24.3 Å². The van der Waals surface area contributed by atoms with Crippen molar-refractivity contribution < 1.29 is 32.6 Å². The highest BCUT2D eigenvalue weighted by atomic mass is 19.4. The molecule has 0 aliphatic rings. The number of ether oxygens (including phenoxy) is 1. The number of hydrogen-bond donors (Lipinski definition) is 2. The predicted octanol–water partition coefficient (Wildman–Crippen LogP) is 2.90. The number of carboxylic acid groups (broad SMARTS) is 1. The van der Waals surface area contributed by atoms with Gasteiger partial charge in [0.2, 0.25) is 0 Å². The number of carbonyl (C=O) groups is 2. The molecule has 21 heavy (non-hydrogen) atoms. The predicted molar refractivity (Wildman–Crippen MR) is 66.9 cm³/mol. The van der Waals surface area contributed by atoms with Crippen LogP contribution in [0.2, 0.25) is 0 Å². The molecule has 114 valence electrons. The van der Waals surface area contributed by atoms with Crippen LogP contribution in [0.1, 0.15) is 22.0 Å². The quantitative estimate of drug-likeness (QED) is 0.820. The molecule has 0 aromatic heterocycles. The molecule has 1 aromatic carbocycles. The highest BCUT2D eigenvalue weighted by Crippen LogP contribution is 2.32. The fraction of sp³-hybridized carbons (Fsp3) is 0.231. The van der Waals surface area contributed by atoms with E-state index in [2.05, 4.69) is 11.3 Å². The number of alkyl carbamates (subject to hydrolysis) is 1. The van der Waals surface area contributed by atoms with Crippen LogP contribution in [0, 0.1) is 0 Å². The Labute approximate surface area is 118 Å². The highest BCUT2D eigenvalue weighted by molar-refractivity contribution is 5.87. The van der Waals surface area contributed by atoms with Crippen molar-refractivity contribution in [3.63, 3.8) is 0 Å². The second-order valence-electron chi connectivity index (χ2n) is 3.93. The van der Waals surface area contributed by atoms with E-state index in [0.717, 1.165) is 24.3 Å². The molecule has 1 aromatic rings. The Morgan fingerprint density at radius 2 is 1.90 bits per heavy atom. The maximum atomic E-state index is 12.9. The van der Waals surface area contributed by atoms with E-state index in [4.69, 9.17) is 5.11 Å². The van der Waals surface area contributed by atoms with Gasteiger partial charge < -0.3 is 15.2 Å². The first-order chi connectivity index (χ1) is 9.75. The van der Waals surface area contributed by atoms with Gasteiger partial charge in [-0.05, 0) is 17.7 Å². The number of halogens is 3. The number of benzene rings is 1. The van der Waals surface area contributed by atoms with Crippen LogP contribution < -0.4 is 5.32 Å². The van der Waals surface area contributed by atoms with Crippen LogP contribution in [0.4, 0.5) is 18.0 Å². The van der Waals surface area contributed by atoms with Gasteiger partial charge in [0.25, 0.3) is 0 Å². The SMILES string of the molecule is C=CCOC(=O)NC(c1ccc(C(=O)O)cc1)C(F)(F)F. The summed E-state index contributed by atoms with van der Waals surface area (Å²) in [7, 11) is 0. The van der Waals surface area contributed by atoms with E-state index in [1.54, 1.807) is 5.32 Å². The summed E-state index contributed by atoms with van der Waals surface area (Å²) in [6, 6.07) is 1.71. The average Bonchev–Trinajstić information content (AvgIpc) is 2.41. The largest absolute Gasteiger partial charge is 0.478 e. The maximum absolute atomic E-state index is 12.9. The van der Waals surface area contributed by atoms with E-state index in [-0.39, 0.29) is 17.7 Å². The van der Waals surface area contributed by atoms with E-state index in [9.17, 15) is 22.8 Å². The lowest BCUT2D eigenvalue weighted by Crippen LogP contribution is -2.38. The molecule has 0 aliphatic carbocycles. The zero-order valence-electron chi connectivity index (χ0n) is 10.7. The summed E-state index contributed by atoms with van der Waals surface area (Å²) in [4.78, 5) is 21.9. The van der Waals surface area contributed by atoms with Crippen molar-refractivity contribution in [3.8, 4) is 0 Å². The molecule has 1 amide bonds. The third-order valence-corrected chi connectivity index (χ3v) is 2.41. The summed E-state index contributed by atoms with van der Waals surface area (Å²) in [5.41, 5.74) is -0.461. The normalized spacial score (nSPS) is 12.3. The fourth-order valence-electron chi connectivity index (χ4n) is 1.47. The third-order valence-electron chi connectivity index (χ3n) is 2.41. The van der Waals surface area contributed by atoms with Crippen LogP contribution in [-0.4, -0.2) is 30.0 Å². The Kier molecular flexibility index (Phi) is 5.34. The third kappa shape index (κ3) is 4.83. The molecule has 8 heteroatoms. The Bertz CT molecular complexity index is 525. The molecule has 0 fully saturated rings. The Morgan fingerprint density at radius 1 is 1.33 bits per heavy atom. The number of carbonyl (C=O) groups excluding carboxylic acids is 1. The van der Waals surface area contributed by atoms with Gasteiger partial charge in [-0.2, -0.15) is 13.2 Å². The van der Waals surface area contributed by atoms with Crippen LogP contribution in [-0.2, 0) is 4.74 Å². The van der Waals surface area contributed by atoms with Gasteiger partial charge in [-0.25, -0.2) is 9.59 Å². The lowest BCUT2D eigenvalue weighted by atomic mass is 10.0. The van der Waals surface area contributed by atoms with E-state index in [1.165, 1.54) is 6.08 Å². The lowest BCUT2D eigenvalue weighted by molar-refractivity contribution is -0.156. The van der Waals surface area contributed by atoms with Gasteiger partial charge in [-0.15, -0.1) is 0 Å². The van der Waals surface area contributed by atoms with Crippen LogP contribution in [0.5, 0.6) is 0 Å². The molecular formula is C13H12F3NO4. The first-order valence-corrected chi connectivity index (χ1v) is 5.70. The van der Waals surface area contributed by atoms with Crippen molar-refractivity contribution in [2.75, 3.05) is 6.61 Å². The first kappa shape index (κ1) is 16.5. The molecule has 0 radical (unpaired) electrons. The lowest BCUT2D eigenvalue weighted by Gasteiger charge is -2.21. The van der Waals surface area contributed by atoms with Crippen LogP contribution in [0.15, 0.2) is 36.9 Å². The zero-order chi connectivity index (χ0) is 16.0. The first-order valence-electron chi connectivity index (χ1n) is 5.70. The van der Waals surface area contributed by atoms with E-state index >= 15 is 0 Å². The van der Waals surface area contributed by atoms with Crippen molar-refractivity contribution >= 4 is 12.1 Å². The minimum absolute atomic E-state index is 0.158. The van der Waals surface area contributed by atoms with Gasteiger partial charge in [0.15, 0.2) is 6.04 Å². The standard InChI is InChI=1S/C13H12F3NO4/c1-2-7-21-12(20)17-10(13(14,15)16)8-3-5-9(6-4-8)11(18)19/h2-6,10H,1,7H2,(H,17,20)(H,18,19). The van der Waals surface area contributed by atoms with E-state index in [1.807, 2.05) is 0 Å². The molecule has 0 bridgehead atoms. The van der Waals surface area contributed by atoms with Crippen molar-refractivity contribution in [2.45, 2.75) is 12.2 Å². The van der Waals surface area contributed by atoms with Gasteiger partial charge in [0.05, 0.1) is 5.56 Å². The molecule has 2 N–H and O–H groups in total. The van der Waals surface area contributed by atoms with Gasteiger partial charge in [0, 0.05) is 0 Å². The van der Waals surface area contributed by atoms with Crippen molar-refractivity contribution in [3.05, 3.63) is 48.0 Å². The number of aromatic carboxylic acids is 1. The molecule has 0 saturated heterocycles. The number of alkyl halides is 3. The number of nitrogens with one attached hydrogen (secondary N) is 1. The Morgan fingerprint density at radius 3 is 2.33 bits per heavy atom. The number of carboxylic acids is 1. The Hall–Kier alpha value is -2.51. The van der Waals surface area contributed by atoms with Crippen LogP contribution in [0.3, 0.4) is 0 Å². The summed E-state index contributed by atoms with van der Waals surface area (Å²) >= 11 is 0. The molecule has 0 spiro atoms. The minimum atomic E-state index is -4.75. The van der Waals surface area contributed by atoms with Gasteiger partial charge in [0.1, 0.15) is 6.61 Å². The van der Waals surface area contributed by atoms with Gasteiger partial charge in [-0.3, -0.25) is 0 Å². The summed E-state index contributed by atoms with van der Waals surface area (Å²) in [6.45, 7) is 3.03. The number of rotatable bonds is 5. The molecule has 0 aliphatic heterocycles. The number of hydrogen-bond acceptors (Lipinski definition) is 3. The van der Waals surface area contributed by atoms with Crippen molar-refractivity contribution in [1.82, 2.24) is 5.32 Å². The molecular weight excluding hydrogens is 291 g/mol. The molecule has 5 nitrogen and oxygen atoms in total. The zero-order valence-corrected chi connectivity index (χ0v) is 10.7. The Balaban J connectivity index is 2.95. The maximum Gasteiger partial charge on any atom is 0.412 e. The van der Waals surface area contributed by atoms with Crippen LogP contribution in [0.25, 0.3) is 0 Å². The topological polar surface area (TPSA) is 75.6 Å². The molecule has 1 rings (SSSR count). The summed E-state index contributed by atoms with van der Waals surface area (Å²) < 4.78 is 43.3. The molecule has 0 saturated carbocycles. The monoisotopic (exact) mass is 303 g/mol. The van der Waals surface area contributed by atoms with Crippen molar-refractivity contribution in [1.29, 1.82) is 0 Å². The van der Waals surface area contributed by atoms with Gasteiger partial charge >= 0.3 is 18.2 Å². The molecule has 0 heterocycles. The van der Waals surface area contributed by atoms with E-state index in [0.29, 0.717) is 0 Å². The highest BCUT2D eigenvalue weighted by Gasteiger charge is 2.42. The smallest absolute Gasteiger partial charge is 0.412 e. The van der Waals surface area contributed by atoms with Crippen LogP contribution >= 0.6 is 0 Å². The second kappa shape index (κ2) is 6.78. The minimum Gasteiger partial charge on any atom is -0.478 e. The summed E-state index contributed by atoms with van der Waals surface area (Å²) in [5, 5.41) is 10.4. The molecule has 1 unspecified atom stereocenters. The number of amides is 1. The second-order valence-corrected chi connectivity index (χ2v) is 3.93.